The van der Waals surface area contributed by atoms with Gasteiger partial charge in [0.25, 0.3) is 5.91 Å². The molecule has 0 fully saturated rings. The number of para-hydroxylation sites is 1. The Hall–Kier alpha value is -3.97. The maximum atomic E-state index is 12.1. The first kappa shape index (κ1) is 20.3. The van der Waals surface area contributed by atoms with Crippen LogP contribution in [0.2, 0.25) is 0 Å². The molecule has 0 saturated carbocycles. The zero-order chi connectivity index (χ0) is 21.6. The third-order valence-electron chi connectivity index (χ3n) is 4.50. The molecule has 1 amide bonds. The number of thiazole rings is 1. The van der Waals surface area contributed by atoms with Crippen molar-refractivity contribution in [2.75, 3.05) is 11.9 Å². The van der Waals surface area contributed by atoms with E-state index < -0.39 is 18.5 Å². The van der Waals surface area contributed by atoms with E-state index >= 15 is 0 Å². The van der Waals surface area contributed by atoms with Crippen molar-refractivity contribution in [3.05, 3.63) is 89.8 Å². The number of nitrogens with one attached hydrogen (secondary N) is 1. The molecular formula is C24H18N2O4S. The van der Waals surface area contributed by atoms with E-state index in [1.807, 2.05) is 47.8 Å². The van der Waals surface area contributed by atoms with Gasteiger partial charge in [-0.1, -0.05) is 66.7 Å². The van der Waals surface area contributed by atoms with Gasteiger partial charge in [-0.05, 0) is 23.3 Å². The normalized spacial score (nSPS) is 10.5. The zero-order valence-corrected chi connectivity index (χ0v) is 17.1. The van der Waals surface area contributed by atoms with Crippen molar-refractivity contribution in [2.45, 2.75) is 0 Å². The predicted octanol–water partition coefficient (Wildman–Crippen LogP) is 4.98. The van der Waals surface area contributed by atoms with E-state index in [2.05, 4.69) is 22.4 Å². The first-order chi connectivity index (χ1) is 15.1. The van der Waals surface area contributed by atoms with Crippen LogP contribution in [0.5, 0.6) is 5.75 Å². The van der Waals surface area contributed by atoms with Gasteiger partial charge in [0.2, 0.25) is 0 Å². The number of aromatic hydroxyl groups is 1. The molecule has 154 valence electrons. The highest BCUT2D eigenvalue weighted by molar-refractivity contribution is 7.14. The summed E-state index contributed by atoms with van der Waals surface area (Å²) in [5, 5.41) is 14.5. The SMILES string of the molecule is O=C(COC(=O)c1ccccc1O)Nc1nc(-c2ccc(-c3ccccc3)cc2)cs1. The van der Waals surface area contributed by atoms with Crippen LogP contribution in [0.25, 0.3) is 22.4 Å². The molecule has 7 heteroatoms. The number of amides is 1. The summed E-state index contributed by atoms with van der Waals surface area (Å²) in [7, 11) is 0. The zero-order valence-electron chi connectivity index (χ0n) is 16.3. The minimum Gasteiger partial charge on any atom is -0.507 e. The van der Waals surface area contributed by atoms with E-state index in [-0.39, 0.29) is 11.3 Å². The summed E-state index contributed by atoms with van der Waals surface area (Å²) in [6, 6.07) is 24.1. The molecule has 0 aliphatic carbocycles. The Kier molecular flexibility index (Phi) is 6.05. The Bertz CT molecular complexity index is 1200. The molecule has 0 unspecified atom stereocenters. The number of esters is 1. The number of nitrogens with zero attached hydrogens (tertiary/aromatic N) is 1. The third-order valence-corrected chi connectivity index (χ3v) is 5.25. The van der Waals surface area contributed by atoms with E-state index in [4.69, 9.17) is 4.74 Å². The highest BCUT2D eigenvalue weighted by Gasteiger charge is 2.15. The standard InChI is InChI=1S/C24H18N2O4S/c27-21-9-5-4-8-19(21)23(29)30-14-22(28)26-24-25-20(15-31-24)18-12-10-17(11-13-18)16-6-2-1-3-7-16/h1-13,15,27H,14H2,(H,25,26,28). The van der Waals surface area contributed by atoms with Crippen molar-refractivity contribution in [1.82, 2.24) is 4.98 Å². The molecule has 0 aliphatic heterocycles. The Labute approximate surface area is 182 Å². The van der Waals surface area contributed by atoms with Gasteiger partial charge in [-0.25, -0.2) is 9.78 Å². The number of hydrogen-bond acceptors (Lipinski definition) is 6. The van der Waals surface area contributed by atoms with Gasteiger partial charge in [-0.2, -0.15) is 0 Å². The number of carbonyl (C=O) groups is 2. The lowest BCUT2D eigenvalue weighted by Gasteiger charge is -2.06. The lowest BCUT2D eigenvalue weighted by Crippen LogP contribution is -2.20. The number of anilines is 1. The van der Waals surface area contributed by atoms with Crippen LogP contribution in [0.15, 0.2) is 84.2 Å². The van der Waals surface area contributed by atoms with Gasteiger partial charge in [0.05, 0.1) is 5.69 Å². The number of rotatable bonds is 6. The predicted molar refractivity (Wildman–Crippen MR) is 120 cm³/mol. The summed E-state index contributed by atoms with van der Waals surface area (Å²) in [5.41, 5.74) is 3.93. The number of phenolic OH excluding ortho intramolecular Hbond substituents is 1. The monoisotopic (exact) mass is 430 g/mol. The van der Waals surface area contributed by atoms with Gasteiger partial charge >= 0.3 is 5.97 Å². The van der Waals surface area contributed by atoms with E-state index in [0.29, 0.717) is 5.13 Å². The summed E-state index contributed by atoms with van der Waals surface area (Å²) in [5.74, 6) is -1.48. The molecule has 31 heavy (non-hydrogen) atoms. The summed E-state index contributed by atoms with van der Waals surface area (Å²) in [6.07, 6.45) is 0. The Morgan fingerprint density at radius 2 is 1.52 bits per heavy atom. The highest BCUT2D eigenvalue weighted by atomic mass is 32.1. The second-order valence-corrected chi connectivity index (χ2v) is 7.48. The molecule has 0 aliphatic rings. The molecule has 4 aromatic rings. The molecule has 3 aromatic carbocycles. The van der Waals surface area contributed by atoms with Gasteiger partial charge in [0.15, 0.2) is 11.7 Å². The second-order valence-electron chi connectivity index (χ2n) is 6.62. The molecule has 2 N–H and O–H groups in total. The summed E-state index contributed by atoms with van der Waals surface area (Å²) in [6.45, 7) is -0.478. The molecule has 0 spiro atoms. The van der Waals surface area contributed by atoms with E-state index in [9.17, 15) is 14.7 Å². The highest BCUT2D eigenvalue weighted by Crippen LogP contribution is 2.27. The molecule has 0 bridgehead atoms. The van der Waals surface area contributed by atoms with Gasteiger partial charge in [-0.3, -0.25) is 10.1 Å². The third kappa shape index (κ3) is 4.96. The number of hydrogen-bond donors (Lipinski definition) is 2. The average molecular weight is 430 g/mol. The lowest BCUT2D eigenvalue weighted by atomic mass is 10.0. The first-order valence-electron chi connectivity index (χ1n) is 9.46. The molecule has 0 atom stereocenters. The lowest BCUT2D eigenvalue weighted by molar-refractivity contribution is -0.119. The molecule has 0 saturated heterocycles. The van der Waals surface area contributed by atoms with Gasteiger partial charge in [-0.15, -0.1) is 11.3 Å². The van der Waals surface area contributed by atoms with Crippen LogP contribution in [0.3, 0.4) is 0 Å². The Balaban J connectivity index is 1.35. The van der Waals surface area contributed by atoms with Crippen LogP contribution >= 0.6 is 11.3 Å². The van der Waals surface area contributed by atoms with Crippen LogP contribution < -0.4 is 5.32 Å². The van der Waals surface area contributed by atoms with E-state index in [1.54, 1.807) is 12.1 Å². The topological polar surface area (TPSA) is 88.5 Å². The molecular weight excluding hydrogens is 412 g/mol. The Morgan fingerprint density at radius 3 is 2.26 bits per heavy atom. The summed E-state index contributed by atoms with van der Waals surface area (Å²) < 4.78 is 4.96. The van der Waals surface area contributed by atoms with Gasteiger partial charge < -0.3 is 9.84 Å². The molecule has 6 nitrogen and oxygen atoms in total. The van der Waals surface area contributed by atoms with Crippen molar-refractivity contribution in [3.8, 4) is 28.1 Å². The molecule has 0 radical (unpaired) electrons. The first-order valence-corrected chi connectivity index (χ1v) is 10.3. The van der Waals surface area contributed by atoms with Crippen molar-refractivity contribution in [1.29, 1.82) is 0 Å². The van der Waals surface area contributed by atoms with Crippen LogP contribution in [-0.4, -0.2) is 28.6 Å². The van der Waals surface area contributed by atoms with Crippen LogP contribution in [-0.2, 0) is 9.53 Å². The number of phenols is 1. The van der Waals surface area contributed by atoms with Crippen molar-refractivity contribution < 1.29 is 19.4 Å². The smallest absolute Gasteiger partial charge is 0.342 e. The maximum Gasteiger partial charge on any atom is 0.342 e. The minimum absolute atomic E-state index is 0.00536. The van der Waals surface area contributed by atoms with Crippen molar-refractivity contribution in [2.24, 2.45) is 0 Å². The quantitative estimate of drug-likeness (QED) is 0.421. The molecule has 1 aromatic heterocycles. The van der Waals surface area contributed by atoms with Crippen LogP contribution in [0.4, 0.5) is 5.13 Å². The average Bonchev–Trinajstić information content (AvgIpc) is 3.27. The van der Waals surface area contributed by atoms with Gasteiger partial charge in [0, 0.05) is 10.9 Å². The number of carbonyl (C=O) groups excluding carboxylic acids is 2. The fraction of sp³-hybridized carbons (Fsp3) is 0.0417. The van der Waals surface area contributed by atoms with Gasteiger partial charge in [0.1, 0.15) is 11.3 Å². The number of benzene rings is 3. The summed E-state index contributed by atoms with van der Waals surface area (Å²) in [4.78, 5) is 28.5. The fourth-order valence-electron chi connectivity index (χ4n) is 2.94. The number of ether oxygens (including phenoxy) is 1. The summed E-state index contributed by atoms with van der Waals surface area (Å²) >= 11 is 1.28. The van der Waals surface area contributed by atoms with Crippen LogP contribution in [0, 0.1) is 0 Å². The molecule has 1 heterocycles. The van der Waals surface area contributed by atoms with E-state index in [0.717, 1.165) is 22.4 Å². The second kappa shape index (κ2) is 9.23. The fourth-order valence-corrected chi connectivity index (χ4v) is 3.67. The Morgan fingerprint density at radius 1 is 0.871 bits per heavy atom. The maximum absolute atomic E-state index is 12.1. The largest absolute Gasteiger partial charge is 0.507 e. The minimum atomic E-state index is -0.772. The molecule has 4 rings (SSSR count). The van der Waals surface area contributed by atoms with E-state index in [1.165, 1.54) is 23.5 Å². The van der Waals surface area contributed by atoms with Crippen molar-refractivity contribution in [3.63, 3.8) is 0 Å². The number of aromatic nitrogens is 1. The van der Waals surface area contributed by atoms with Crippen LogP contribution in [0.1, 0.15) is 10.4 Å². The van der Waals surface area contributed by atoms with Crippen molar-refractivity contribution >= 4 is 28.3 Å².